The highest BCUT2D eigenvalue weighted by Gasteiger charge is 2.14. The number of fused-ring (bicyclic) bond motifs is 1. The molecule has 2 N–H and O–H groups in total. The zero-order chi connectivity index (χ0) is 13.6. The van der Waals surface area contributed by atoms with Gasteiger partial charge in [0.25, 0.3) is 0 Å². The fraction of sp³-hybridized carbons (Fsp3) is 0. The van der Waals surface area contributed by atoms with Gasteiger partial charge in [-0.25, -0.2) is 13.8 Å². The van der Waals surface area contributed by atoms with Gasteiger partial charge in [-0.2, -0.15) is 0 Å². The smallest absolute Gasteiger partial charge is 0.159 e. The van der Waals surface area contributed by atoms with E-state index in [0.29, 0.717) is 22.7 Å². The molecular formula is C13H8BrF2N3. The molecule has 6 heteroatoms. The summed E-state index contributed by atoms with van der Waals surface area (Å²) in [5.74, 6) is -1.44. The molecule has 2 aromatic heterocycles. The Kier molecular flexibility index (Phi) is 2.74. The number of rotatable bonds is 1. The third kappa shape index (κ3) is 1.88. The molecule has 1 aromatic carbocycles. The molecule has 0 bridgehead atoms. The van der Waals surface area contributed by atoms with Crippen LogP contribution in [0.4, 0.5) is 14.6 Å². The number of anilines is 1. The van der Waals surface area contributed by atoms with Gasteiger partial charge in [0.1, 0.15) is 11.5 Å². The maximum atomic E-state index is 13.3. The van der Waals surface area contributed by atoms with Crippen molar-refractivity contribution in [1.82, 2.24) is 9.38 Å². The summed E-state index contributed by atoms with van der Waals surface area (Å²) in [6, 6.07) is 7.23. The van der Waals surface area contributed by atoms with Gasteiger partial charge in [-0.05, 0) is 46.3 Å². The normalized spacial score (nSPS) is 11.1. The third-order valence-electron chi connectivity index (χ3n) is 2.83. The van der Waals surface area contributed by atoms with Gasteiger partial charge in [-0.1, -0.05) is 0 Å². The van der Waals surface area contributed by atoms with Gasteiger partial charge < -0.3 is 5.73 Å². The van der Waals surface area contributed by atoms with E-state index < -0.39 is 11.6 Å². The monoisotopic (exact) mass is 323 g/mol. The first-order chi connectivity index (χ1) is 9.08. The van der Waals surface area contributed by atoms with Gasteiger partial charge in [0.2, 0.25) is 0 Å². The van der Waals surface area contributed by atoms with E-state index in [2.05, 4.69) is 20.9 Å². The lowest BCUT2D eigenvalue weighted by Crippen LogP contribution is -1.94. The Morgan fingerprint density at radius 2 is 1.95 bits per heavy atom. The van der Waals surface area contributed by atoms with E-state index in [1.54, 1.807) is 10.6 Å². The van der Waals surface area contributed by atoms with Crippen LogP contribution in [-0.2, 0) is 0 Å². The molecule has 2 heterocycles. The van der Waals surface area contributed by atoms with Gasteiger partial charge in [-0.3, -0.25) is 4.40 Å². The standard InChI is InChI=1S/C13H8BrF2N3/c14-8-2-1-5-19-12(17)11(18-13(8)19)7-3-4-9(15)10(16)6-7/h1-6H,17H2. The Bertz CT molecular complexity index is 783. The molecule has 0 atom stereocenters. The minimum absolute atomic E-state index is 0.377. The number of halogens is 3. The van der Waals surface area contributed by atoms with Crippen molar-refractivity contribution in [2.45, 2.75) is 0 Å². The van der Waals surface area contributed by atoms with E-state index >= 15 is 0 Å². The van der Waals surface area contributed by atoms with Crippen LogP contribution in [0.5, 0.6) is 0 Å². The molecule has 0 aliphatic rings. The molecule has 3 rings (SSSR count). The van der Waals surface area contributed by atoms with E-state index in [1.807, 2.05) is 12.1 Å². The van der Waals surface area contributed by atoms with Gasteiger partial charge in [0.15, 0.2) is 17.3 Å². The third-order valence-corrected chi connectivity index (χ3v) is 3.45. The zero-order valence-electron chi connectivity index (χ0n) is 9.57. The van der Waals surface area contributed by atoms with Crippen molar-refractivity contribution in [3.63, 3.8) is 0 Å². The summed E-state index contributed by atoms with van der Waals surface area (Å²) in [5.41, 5.74) is 7.48. The lowest BCUT2D eigenvalue weighted by molar-refractivity contribution is 0.509. The molecule has 0 fully saturated rings. The van der Waals surface area contributed by atoms with Crippen molar-refractivity contribution in [2.75, 3.05) is 5.73 Å². The summed E-state index contributed by atoms with van der Waals surface area (Å²) in [4.78, 5) is 4.35. The van der Waals surface area contributed by atoms with Crippen LogP contribution >= 0.6 is 15.9 Å². The Morgan fingerprint density at radius 1 is 1.16 bits per heavy atom. The summed E-state index contributed by atoms with van der Waals surface area (Å²) < 4.78 is 28.7. The number of imidazole rings is 1. The Morgan fingerprint density at radius 3 is 2.63 bits per heavy atom. The first-order valence-electron chi connectivity index (χ1n) is 5.45. The van der Waals surface area contributed by atoms with E-state index in [1.165, 1.54) is 6.07 Å². The molecule has 19 heavy (non-hydrogen) atoms. The van der Waals surface area contributed by atoms with Crippen molar-refractivity contribution in [3.8, 4) is 11.3 Å². The van der Waals surface area contributed by atoms with Crippen LogP contribution in [-0.4, -0.2) is 9.38 Å². The summed E-state index contributed by atoms with van der Waals surface area (Å²) in [6.07, 6.45) is 1.76. The predicted molar refractivity (Wildman–Crippen MR) is 72.7 cm³/mol. The summed E-state index contributed by atoms with van der Waals surface area (Å²) in [6.45, 7) is 0. The first-order valence-corrected chi connectivity index (χ1v) is 6.24. The van der Waals surface area contributed by atoms with Crippen molar-refractivity contribution in [3.05, 3.63) is 52.6 Å². The summed E-state index contributed by atoms with van der Waals surface area (Å²) in [5, 5.41) is 0. The van der Waals surface area contributed by atoms with Crippen LogP contribution in [0, 0.1) is 11.6 Å². The molecule has 0 amide bonds. The Hall–Kier alpha value is -1.95. The zero-order valence-corrected chi connectivity index (χ0v) is 11.2. The number of hydrogen-bond donors (Lipinski definition) is 1. The molecule has 0 saturated heterocycles. The maximum absolute atomic E-state index is 13.3. The quantitative estimate of drug-likeness (QED) is 0.743. The lowest BCUT2D eigenvalue weighted by atomic mass is 10.1. The van der Waals surface area contributed by atoms with E-state index in [-0.39, 0.29) is 0 Å². The molecule has 96 valence electrons. The topological polar surface area (TPSA) is 43.3 Å². The number of nitrogens with zero attached hydrogens (tertiary/aromatic N) is 2. The number of benzene rings is 1. The molecule has 0 radical (unpaired) electrons. The molecule has 0 aliphatic carbocycles. The van der Waals surface area contributed by atoms with Crippen molar-refractivity contribution < 1.29 is 8.78 Å². The van der Waals surface area contributed by atoms with Crippen LogP contribution in [0.25, 0.3) is 16.9 Å². The largest absolute Gasteiger partial charge is 0.383 e. The van der Waals surface area contributed by atoms with Crippen LogP contribution in [0.15, 0.2) is 41.0 Å². The average Bonchev–Trinajstić information content (AvgIpc) is 2.72. The van der Waals surface area contributed by atoms with Gasteiger partial charge in [0.05, 0.1) is 4.47 Å². The fourth-order valence-corrected chi connectivity index (χ4v) is 2.34. The SMILES string of the molecule is Nc1c(-c2ccc(F)c(F)c2)nc2c(Br)cccn12. The van der Waals surface area contributed by atoms with Gasteiger partial charge >= 0.3 is 0 Å². The van der Waals surface area contributed by atoms with Gasteiger partial charge in [-0.15, -0.1) is 0 Å². The van der Waals surface area contributed by atoms with Crippen molar-refractivity contribution in [2.24, 2.45) is 0 Å². The van der Waals surface area contributed by atoms with Crippen molar-refractivity contribution in [1.29, 1.82) is 0 Å². The highest BCUT2D eigenvalue weighted by Crippen LogP contribution is 2.30. The van der Waals surface area contributed by atoms with Gasteiger partial charge in [0, 0.05) is 11.8 Å². The fourth-order valence-electron chi connectivity index (χ4n) is 1.91. The second kappa shape index (κ2) is 4.31. The second-order valence-electron chi connectivity index (χ2n) is 4.02. The average molecular weight is 324 g/mol. The summed E-state index contributed by atoms with van der Waals surface area (Å²) >= 11 is 3.37. The highest BCUT2D eigenvalue weighted by molar-refractivity contribution is 9.10. The molecule has 0 unspecified atom stereocenters. The highest BCUT2D eigenvalue weighted by atomic mass is 79.9. The number of pyridine rings is 1. The van der Waals surface area contributed by atoms with Crippen molar-refractivity contribution >= 4 is 27.4 Å². The molecule has 0 aliphatic heterocycles. The number of aromatic nitrogens is 2. The molecule has 0 saturated carbocycles. The van der Waals surface area contributed by atoms with E-state index in [4.69, 9.17) is 5.73 Å². The first kappa shape index (κ1) is 12.1. The number of nitrogen functional groups attached to an aromatic ring is 1. The summed E-state index contributed by atoms with van der Waals surface area (Å²) in [7, 11) is 0. The van der Waals surface area contributed by atoms with Crippen LogP contribution < -0.4 is 5.73 Å². The van der Waals surface area contributed by atoms with Crippen LogP contribution in [0.3, 0.4) is 0 Å². The Balaban J connectivity index is 2.28. The molecule has 3 nitrogen and oxygen atoms in total. The number of nitrogens with two attached hydrogens (primary N) is 1. The predicted octanol–water partition coefficient (Wildman–Crippen LogP) is 3.62. The minimum Gasteiger partial charge on any atom is -0.383 e. The lowest BCUT2D eigenvalue weighted by Gasteiger charge is -2.00. The number of hydrogen-bond acceptors (Lipinski definition) is 2. The second-order valence-corrected chi connectivity index (χ2v) is 4.88. The molecule has 0 spiro atoms. The van der Waals surface area contributed by atoms with E-state index in [0.717, 1.165) is 16.6 Å². The van der Waals surface area contributed by atoms with E-state index in [9.17, 15) is 8.78 Å². The van der Waals surface area contributed by atoms with Crippen LogP contribution in [0.2, 0.25) is 0 Å². The molecular weight excluding hydrogens is 316 g/mol. The Labute approximate surface area is 115 Å². The molecule has 3 aromatic rings. The maximum Gasteiger partial charge on any atom is 0.159 e. The van der Waals surface area contributed by atoms with Crippen LogP contribution in [0.1, 0.15) is 0 Å². The minimum atomic E-state index is -0.923.